The van der Waals surface area contributed by atoms with Gasteiger partial charge in [0.15, 0.2) is 5.69 Å². The third-order valence-corrected chi connectivity index (χ3v) is 4.10. The summed E-state index contributed by atoms with van der Waals surface area (Å²) in [6, 6.07) is 3.83. The number of carboxylic acid groups (broad SMARTS) is 1. The maximum atomic E-state index is 10.7. The zero-order valence-corrected chi connectivity index (χ0v) is 12.2. The normalized spacial score (nSPS) is 10.9. The van der Waals surface area contributed by atoms with Gasteiger partial charge in [-0.1, -0.05) is 23.0 Å². The van der Waals surface area contributed by atoms with Crippen LogP contribution < -0.4 is 0 Å². The lowest BCUT2D eigenvalue weighted by Crippen LogP contribution is -2.01. The second kappa shape index (κ2) is 6.06. The van der Waals surface area contributed by atoms with Crippen molar-refractivity contribution in [3.63, 3.8) is 0 Å². The fourth-order valence-electron chi connectivity index (χ4n) is 1.50. The van der Waals surface area contributed by atoms with Crippen molar-refractivity contribution in [2.45, 2.75) is 11.8 Å². The highest BCUT2D eigenvalue weighted by Crippen LogP contribution is 2.26. The van der Waals surface area contributed by atoms with E-state index >= 15 is 0 Å². The smallest absolute Gasteiger partial charge is 0.358 e. The fraction of sp³-hybridized carbons (Fsp3) is 0.182. The molecule has 10 heteroatoms. The number of carbonyl (C=O) groups is 1. The molecule has 0 aliphatic heterocycles. The molecule has 0 atom stereocenters. The molecule has 0 aliphatic rings. The van der Waals surface area contributed by atoms with Crippen LogP contribution in [-0.2, 0) is 6.54 Å². The van der Waals surface area contributed by atoms with E-state index in [1.807, 2.05) is 17.5 Å². The van der Waals surface area contributed by atoms with Crippen LogP contribution in [0.1, 0.15) is 10.5 Å². The van der Waals surface area contributed by atoms with Crippen LogP contribution in [0.15, 0.2) is 33.3 Å². The lowest BCUT2D eigenvalue weighted by atomic mass is 10.5. The molecule has 3 aromatic rings. The number of aryl methyl sites for hydroxylation is 1. The van der Waals surface area contributed by atoms with Crippen LogP contribution in [0.2, 0.25) is 0 Å². The van der Waals surface area contributed by atoms with Gasteiger partial charge in [-0.05, 0) is 11.4 Å². The lowest BCUT2D eigenvalue weighted by molar-refractivity contribution is 0.0690. The molecule has 0 fully saturated rings. The summed E-state index contributed by atoms with van der Waals surface area (Å²) in [6.45, 7) is 0.502. The zero-order valence-electron chi connectivity index (χ0n) is 10.5. The van der Waals surface area contributed by atoms with Crippen molar-refractivity contribution >= 4 is 29.1 Å². The summed E-state index contributed by atoms with van der Waals surface area (Å²) < 4.78 is 6.99. The molecule has 0 saturated heterocycles. The Hall–Kier alpha value is -2.20. The average Bonchev–Trinajstić information content (AvgIpc) is 3.20. The molecule has 0 unspecified atom stereocenters. The van der Waals surface area contributed by atoms with Crippen molar-refractivity contribution in [1.82, 2.24) is 25.2 Å². The molecule has 8 nitrogen and oxygen atoms in total. The van der Waals surface area contributed by atoms with Crippen molar-refractivity contribution < 1.29 is 14.3 Å². The van der Waals surface area contributed by atoms with Gasteiger partial charge in [-0.3, -0.25) is 4.68 Å². The minimum Gasteiger partial charge on any atom is -0.476 e. The molecule has 108 valence electrons. The van der Waals surface area contributed by atoms with Gasteiger partial charge in [0.2, 0.25) is 0 Å². The van der Waals surface area contributed by atoms with E-state index in [-0.39, 0.29) is 5.69 Å². The molecule has 0 aromatic carbocycles. The van der Waals surface area contributed by atoms with Gasteiger partial charge in [-0.25, -0.2) is 4.79 Å². The van der Waals surface area contributed by atoms with E-state index in [1.165, 1.54) is 34.0 Å². The van der Waals surface area contributed by atoms with Crippen molar-refractivity contribution in [3.05, 3.63) is 29.4 Å². The molecule has 1 N–H and O–H groups in total. The first kappa shape index (κ1) is 13.8. The van der Waals surface area contributed by atoms with Crippen molar-refractivity contribution in [2.24, 2.45) is 0 Å². The van der Waals surface area contributed by atoms with Crippen LogP contribution in [-0.4, -0.2) is 42.0 Å². The first-order chi connectivity index (χ1) is 10.2. The SMILES string of the molecule is O=C(O)c1cn(CCSc2nnc(-c3cccs3)o2)nn1. The number of aromatic carboxylic acids is 1. The molecule has 0 saturated carbocycles. The molecule has 0 amide bonds. The monoisotopic (exact) mass is 323 g/mol. The van der Waals surface area contributed by atoms with Gasteiger partial charge in [0.25, 0.3) is 11.1 Å². The minimum atomic E-state index is -1.09. The highest BCUT2D eigenvalue weighted by Gasteiger charge is 2.11. The maximum absolute atomic E-state index is 10.7. The molecular weight excluding hydrogens is 314 g/mol. The third kappa shape index (κ3) is 3.28. The van der Waals surface area contributed by atoms with Crippen LogP contribution in [0.3, 0.4) is 0 Å². The van der Waals surface area contributed by atoms with Crippen molar-refractivity contribution in [2.75, 3.05) is 5.75 Å². The highest BCUT2D eigenvalue weighted by molar-refractivity contribution is 7.99. The van der Waals surface area contributed by atoms with Gasteiger partial charge in [-0.2, -0.15) is 0 Å². The molecule has 21 heavy (non-hydrogen) atoms. The van der Waals surface area contributed by atoms with Gasteiger partial charge >= 0.3 is 5.97 Å². The molecule has 0 aliphatic carbocycles. The van der Waals surface area contributed by atoms with Crippen LogP contribution in [0.5, 0.6) is 0 Å². The number of thiophene rings is 1. The minimum absolute atomic E-state index is 0.0715. The summed E-state index contributed by atoms with van der Waals surface area (Å²) in [4.78, 5) is 11.6. The number of hydrogen-bond acceptors (Lipinski definition) is 8. The lowest BCUT2D eigenvalue weighted by Gasteiger charge is -1.96. The Bertz CT molecular complexity index is 737. The van der Waals surface area contributed by atoms with E-state index in [9.17, 15) is 4.79 Å². The van der Waals surface area contributed by atoms with Crippen LogP contribution in [0, 0.1) is 0 Å². The second-order valence-corrected chi connectivity index (χ2v) is 5.86. The van der Waals surface area contributed by atoms with Crippen LogP contribution >= 0.6 is 23.1 Å². The van der Waals surface area contributed by atoms with E-state index in [0.29, 0.717) is 23.4 Å². The van der Waals surface area contributed by atoms with Gasteiger partial charge < -0.3 is 9.52 Å². The molecule has 0 spiro atoms. The summed E-state index contributed by atoms with van der Waals surface area (Å²) in [5, 5.41) is 26.3. The number of thioether (sulfide) groups is 1. The Labute approximate surface area is 126 Å². The average molecular weight is 323 g/mol. The largest absolute Gasteiger partial charge is 0.476 e. The Morgan fingerprint density at radius 3 is 3.05 bits per heavy atom. The Kier molecular flexibility index (Phi) is 3.97. The van der Waals surface area contributed by atoms with E-state index in [2.05, 4.69) is 20.5 Å². The number of aromatic nitrogens is 5. The molecular formula is C11H9N5O3S2. The molecule has 0 bridgehead atoms. The van der Waals surface area contributed by atoms with Gasteiger partial charge in [0.1, 0.15) is 0 Å². The van der Waals surface area contributed by atoms with Crippen LogP contribution in [0.25, 0.3) is 10.8 Å². The summed E-state index contributed by atoms with van der Waals surface area (Å²) in [6.07, 6.45) is 1.38. The van der Waals surface area contributed by atoms with E-state index in [1.54, 1.807) is 0 Å². The van der Waals surface area contributed by atoms with Gasteiger partial charge in [-0.15, -0.1) is 26.6 Å². The maximum Gasteiger partial charge on any atom is 0.358 e. The topological polar surface area (TPSA) is 107 Å². The van der Waals surface area contributed by atoms with Gasteiger partial charge in [0.05, 0.1) is 17.6 Å². The Balaban J connectivity index is 1.54. The van der Waals surface area contributed by atoms with E-state index in [0.717, 1.165) is 4.88 Å². The molecule has 3 rings (SSSR count). The molecule has 3 aromatic heterocycles. The number of hydrogen-bond donors (Lipinski definition) is 1. The zero-order chi connectivity index (χ0) is 14.7. The standard InChI is InChI=1S/C11H9N5O3S2/c17-10(18)7-6-16(15-12-7)3-5-21-11-14-13-9(19-11)8-2-1-4-20-8/h1-2,4,6H,3,5H2,(H,17,18). The summed E-state index contributed by atoms with van der Waals surface area (Å²) in [5.74, 6) is 0.0295. The number of carboxylic acids is 1. The van der Waals surface area contributed by atoms with Gasteiger partial charge in [0, 0.05) is 5.75 Å². The molecule has 3 heterocycles. The predicted octanol–water partition coefficient (Wildman–Crippen LogP) is 1.88. The third-order valence-electron chi connectivity index (χ3n) is 2.44. The van der Waals surface area contributed by atoms with Crippen molar-refractivity contribution in [1.29, 1.82) is 0 Å². The second-order valence-electron chi connectivity index (χ2n) is 3.87. The summed E-state index contributed by atoms with van der Waals surface area (Å²) in [7, 11) is 0. The fourth-order valence-corrected chi connectivity index (χ4v) is 2.83. The number of nitrogens with zero attached hydrogens (tertiary/aromatic N) is 5. The van der Waals surface area contributed by atoms with E-state index in [4.69, 9.17) is 9.52 Å². The predicted molar refractivity (Wildman–Crippen MR) is 75.3 cm³/mol. The number of rotatable bonds is 6. The molecule has 0 radical (unpaired) electrons. The highest BCUT2D eigenvalue weighted by atomic mass is 32.2. The van der Waals surface area contributed by atoms with Crippen LogP contribution in [0.4, 0.5) is 0 Å². The summed E-state index contributed by atoms with van der Waals surface area (Å²) >= 11 is 2.91. The van der Waals surface area contributed by atoms with E-state index < -0.39 is 5.97 Å². The first-order valence-corrected chi connectivity index (χ1v) is 7.72. The first-order valence-electron chi connectivity index (χ1n) is 5.86. The Morgan fingerprint density at radius 1 is 1.43 bits per heavy atom. The Morgan fingerprint density at radius 2 is 2.33 bits per heavy atom. The van der Waals surface area contributed by atoms with Crippen molar-refractivity contribution in [3.8, 4) is 10.8 Å². The summed E-state index contributed by atoms with van der Waals surface area (Å²) in [5.41, 5.74) is -0.0715. The quantitative estimate of drug-likeness (QED) is 0.685.